The maximum atomic E-state index is 5.82. The van der Waals surface area contributed by atoms with E-state index < -0.39 is 0 Å². The summed E-state index contributed by atoms with van der Waals surface area (Å²) in [5.74, 6) is 6.39. The van der Waals surface area contributed by atoms with Crippen LogP contribution in [0.15, 0.2) is 24.3 Å². The van der Waals surface area contributed by atoms with Crippen LogP contribution in [0.3, 0.4) is 0 Å². The third-order valence-electron chi connectivity index (χ3n) is 2.46. The number of rotatable bonds is 5. The maximum absolute atomic E-state index is 5.82. The molecule has 0 aliphatic rings. The van der Waals surface area contributed by atoms with E-state index in [0.29, 0.717) is 0 Å². The molecule has 0 aromatic heterocycles. The molecule has 0 unspecified atom stereocenters. The van der Waals surface area contributed by atoms with Gasteiger partial charge in [-0.05, 0) is 50.2 Å². The molecule has 1 aromatic rings. The van der Waals surface area contributed by atoms with Crippen molar-refractivity contribution in [3.05, 3.63) is 34.9 Å². The number of benzene rings is 1. The van der Waals surface area contributed by atoms with Crippen LogP contribution < -0.4 is 0 Å². The van der Waals surface area contributed by atoms with Crippen LogP contribution in [-0.2, 0) is 0 Å². The van der Waals surface area contributed by atoms with E-state index in [1.807, 2.05) is 24.3 Å². The van der Waals surface area contributed by atoms with Crippen LogP contribution in [0.4, 0.5) is 0 Å². The molecule has 0 aliphatic heterocycles. The predicted octanol–water partition coefficient (Wildman–Crippen LogP) is 4.24. The van der Waals surface area contributed by atoms with E-state index in [0.717, 1.165) is 30.2 Å². The highest BCUT2D eigenvalue weighted by Gasteiger charge is 1.98. The van der Waals surface area contributed by atoms with Crippen molar-refractivity contribution in [3.63, 3.8) is 0 Å². The van der Waals surface area contributed by atoms with E-state index in [4.69, 9.17) is 11.6 Å². The second-order valence-electron chi connectivity index (χ2n) is 4.08. The Kier molecular flexibility index (Phi) is 9.87. The molecule has 0 saturated heterocycles. The molecule has 18 heavy (non-hydrogen) atoms. The van der Waals surface area contributed by atoms with E-state index in [1.54, 1.807) is 0 Å². The van der Waals surface area contributed by atoms with Gasteiger partial charge in [0.05, 0.1) is 6.54 Å². The van der Waals surface area contributed by atoms with Gasteiger partial charge in [-0.3, -0.25) is 4.90 Å². The Bertz CT molecular complexity index is 370. The molecule has 100 valence electrons. The fourth-order valence-electron chi connectivity index (χ4n) is 1.69. The van der Waals surface area contributed by atoms with Gasteiger partial charge in [-0.1, -0.05) is 37.3 Å². The summed E-state index contributed by atoms with van der Waals surface area (Å²) in [6.07, 6.45) is 2.37. The molecule has 0 spiro atoms. The SMILES string of the molecule is CCCN(CC#Cc1ccc(Cl)cc1)CCC.Cl. The summed E-state index contributed by atoms with van der Waals surface area (Å²) in [5, 5.41) is 0.758. The summed E-state index contributed by atoms with van der Waals surface area (Å²) in [6, 6.07) is 7.67. The zero-order valence-electron chi connectivity index (χ0n) is 11.1. The molecule has 3 heteroatoms. The maximum Gasteiger partial charge on any atom is 0.0605 e. The second-order valence-corrected chi connectivity index (χ2v) is 4.52. The lowest BCUT2D eigenvalue weighted by Gasteiger charge is -2.17. The molecule has 1 aromatic carbocycles. The molecule has 1 rings (SSSR count). The first-order valence-corrected chi connectivity index (χ1v) is 6.60. The molecule has 0 radical (unpaired) electrons. The average Bonchev–Trinajstić information content (AvgIpc) is 2.32. The van der Waals surface area contributed by atoms with Gasteiger partial charge in [-0.15, -0.1) is 12.4 Å². The predicted molar refractivity (Wildman–Crippen MR) is 82.6 cm³/mol. The van der Waals surface area contributed by atoms with Crippen LogP contribution in [0, 0.1) is 11.8 Å². The monoisotopic (exact) mass is 285 g/mol. The third-order valence-corrected chi connectivity index (χ3v) is 2.71. The molecular weight excluding hydrogens is 265 g/mol. The molecule has 1 nitrogen and oxygen atoms in total. The summed E-state index contributed by atoms with van der Waals surface area (Å²) in [7, 11) is 0. The van der Waals surface area contributed by atoms with Crippen LogP contribution in [0.25, 0.3) is 0 Å². The number of nitrogens with zero attached hydrogens (tertiary/aromatic N) is 1. The van der Waals surface area contributed by atoms with Crippen molar-refractivity contribution in [1.82, 2.24) is 4.90 Å². The van der Waals surface area contributed by atoms with Crippen LogP contribution in [0.2, 0.25) is 5.02 Å². The Morgan fingerprint density at radius 2 is 1.61 bits per heavy atom. The van der Waals surface area contributed by atoms with Crippen molar-refractivity contribution in [2.45, 2.75) is 26.7 Å². The molecule has 0 aliphatic carbocycles. The molecule has 0 heterocycles. The first-order valence-electron chi connectivity index (χ1n) is 6.23. The normalized spacial score (nSPS) is 9.56. The lowest BCUT2D eigenvalue weighted by atomic mass is 10.2. The minimum absolute atomic E-state index is 0. The highest BCUT2D eigenvalue weighted by atomic mass is 35.5. The van der Waals surface area contributed by atoms with Gasteiger partial charge in [-0.2, -0.15) is 0 Å². The fraction of sp³-hybridized carbons (Fsp3) is 0.467. The zero-order valence-corrected chi connectivity index (χ0v) is 12.7. The van der Waals surface area contributed by atoms with Crippen molar-refractivity contribution in [3.8, 4) is 11.8 Å². The summed E-state index contributed by atoms with van der Waals surface area (Å²) in [5.41, 5.74) is 1.03. The number of hydrogen-bond donors (Lipinski definition) is 0. The van der Waals surface area contributed by atoms with Gasteiger partial charge in [0.1, 0.15) is 0 Å². The highest BCUT2D eigenvalue weighted by Crippen LogP contribution is 2.08. The van der Waals surface area contributed by atoms with Crippen molar-refractivity contribution >= 4 is 24.0 Å². The Labute approximate surface area is 122 Å². The van der Waals surface area contributed by atoms with E-state index in [1.165, 1.54) is 12.8 Å². The highest BCUT2D eigenvalue weighted by molar-refractivity contribution is 6.30. The minimum Gasteiger partial charge on any atom is -0.292 e. The molecule has 0 saturated carbocycles. The first kappa shape index (κ1) is 17.3. The van der Waals surface area contributed by atoms with Crippen LogP contribution in [0.1, 0.15) is 32.3 Å². The second kappa shape index (κ2) is 10.3. The topological polar surface area (TPSA) is 3.24 Å². The van der Waals surface area contributed by atoms with Crippen molar-refractivity contribution in [2.24, 2.45) is 0 Å². The van der Waals surface area contributed by atoms with Gasteiger partial charge in [0.25, 0.3) is 0 Å². The van der Waals surface area contributed by atoms with Crippen LogP contribution >= 0.6 is 24.0 Å². The standard InChI is InChI=1S/C15H20ClN.ClH/c1-3-11-17(12-4-2)13-5-6-14-7-9-15(16)10-8-14;/h7-10H,3-4,11-13H2,1-2H3;1H. The van der Waals surface area contributed by atoms with Crippen LogP contribution in [0.5, 0.6) is 0 Å². The van der Waals surface area contributed by atoms with Crippen molar-refractivity contribution < 1.29 is 0 Å². The van der Waals surface area contributed by atoms with E-state index in [2.05, 4.69) is 30.6 Å². The van der Waals surface area contributed by atoms with Gasteiger partial charge in [0.2, 0.25) is 0 Å². The minimum atomic E-state index is 0. The Hall–Kier alpha value is -0.680. The van der Waals surface area contributed by atoms with E-state index in [-0.39, 0.29) is 12.4 Å². The molecule has 0 N–H and O–H groups in total. The van der Waals surface area contributed by atoms with E-state index >= 15 is 0 Å². The van der Waals surface area contributed by atoms with Gasteiger partial charge in [-0.25, -0.2) is 0 Å². The molecule has 0 atom stereocenters. The van der Waals surface area contributed by atoms with Crippen molar-refractivity contribution in [2.75, 3.05) is 19.6 Å². The average molecular weight is 286 g/mol. The largest absolute Gasteiger partial charge is 0.292 e. The molecule has 0 amide bonds. The zero-order chi connectivity index (χ0) is 12.5. The third kappa shape index (κ3) is 6.91. The lowest BCUT2D eigenvalue weighted by molar-refractivity contribution is 0.308. The first-order chi connectivity index (χ1) is 8.26. The summed E-state index contributed by atoms with van der Waals surface area (Å²) in [6.45, 7) is 7.52. The van der Waals surface area contributed by atoms with E-state index in [9.17, 15) is 0 Å². The van der Waals surface area contributed by atoms with Crippen LogP contribution in [-0.4, -0.2) is 24.5 Å². The summed E-state index contributed by atoms with van der Waals surface area (Å²) >= 11 is 5.82. The molecular formula is C15H21Cl2N. The summed E-state index contributed by atoms with van der Waals surface area (Å²) in [4.78, 5) is 2.39. The quantitative estimate of drug-likeness (QED) is 0.732. The van der Waals surface area contributed by atoms with Gasteiger partial charge in [0, 0.05) is 10.6 Å². The number of halogens is 2. The molecule has 0 bridgehead atoms. The Morgan fingerprint density at radius 3 is 2.11 bits per heavy atom. The number of hydrogen-bond acceptors (Lipinski definition) is 1. The molecule has 0 fully saturated rings. The Balaban J connectivity index is 0.00000289. The smallest absolute Gasteiger partial charge is 0.0605 e. The lowest BCUT2D eigenvalue weighted by Crippen LogP contribution is -2.25. The van der Waals surface area contributed by atoms with Gasteiger partial charge >= 0.3 is 0 Å². The fourth-order valence-corrected chi connectivity index (χ4v) is 1.81. The van der Waals surface area contributed by atoms with Gasteiger partial charge < -0.3 is 0 Å². The Morgan fingerprint density at radius 1 is 1.06 bits per heavy atom. The summed E-state index contributed by atoms with van der Waals surface area (Å²) < 4.78 is 0. The van der Waals surface area contributed by atoms with Gasteiger partial charge in [0.15, 0.2) is 0 Å². The van der Waals surface area contributed by atoms with Crippen molar-refractivity contribution in [1.29, 1.82) is 0 Å².